The number of hydrogen-bond acceptors (Lipinski definition) is 5. The molecule has 1 amide bonds. The van der Waals surface area contributed by atoms with Crippen molar-refractivity contribution in [1.29, 1.82) is 0 Å². The molecule has 0 bridgehead atoms. The first-order valence-corrected chi connectivity index (χ1v) is 8.71. The van der Waals surface area contributed by atoms with Gasteiger partial charge in [-0.15, -0.1) is 11.3 Å². The molecule has 1 heterocycles. The average molecular weight is 353 g/mol. The van der Waals surface area contributed by atoms with E-state index in [9.17, 15) is 4.79 Å². The summed E-state index contributed by atoms with van der Waals surface area (Å²) in [5, 5.41) is 5.21. The fourth-order valence-corrected chi connectivity index (χ4v) is 3.17. The van der Waals surface area contributed by atoms with Crippen LogP contribution in [-0.4, -0.2) is 17.5 Å². The second kappa shape index (κ2) is 7.36. The molecular weight excluding hydrogens is 334 g/mol. The summed E-state index contributed by atoms with van der Waals surface area (Å²) in [5.74, 6) is 0.514. The minimum Gasteiger partial charge on any atom is -0.483 e. The normalized spacial score (nSPS) is 10.5. The monoisotopic (exact) mass is 353 g/mol. The van der Waals surface area contributed by atoms with Gasteiger partial charge in [0.05, 0.1) is 5.69 Å². The van der Waals surface area contributed by atoms with Crippen LogP contribution in [0.2, 0.25) is 0 Å². The van der Waals surface area contributed by atoms with E-state index in [4.69, 9.17) is 10.5 Å². The van der Waals surface area contributed by atoms with Crippen molar-refractivity contribution in [2.45, 2.75) is 13.8 Å². The number of para-hydroxylation sites is 1. The molecule has 0 radical (unpaired) electrons. The Balaban J connectivity index is 1.61. The van der Waals surface area contributed by atoms with Crippen LogP contribution in [0.4, 0.5) is 10.8 Å². The van der Waals surface area contributed by atoms with Crippen molar-refractivity contribution in [3.63, 3.8) is 0 Å². The maximum atomic E-state index is 12.1. The zero-order valence-corrected chi connectivity index (χ0v) is 14.9. The highest BCUT2D eigenvalue weighted by atomic mass is 32.1. The standard InChI is InChI=1S/C19H19N3O2S/c1-12-4-3-5-13(2)18(12)24-10-17(23)22-19-21-16(11-25-19)14-6-8-15(20)9-7-14/h3-9,11H,10,20H2,1-2H3,(H,21,22,23). The van der Waals surface area contributed by atoms with Crippen LogP contribution < -0.4 is 15.8 Å². The van der Waals surface area contributed by atoms with Crippen LogP contribution in [-0.2, 0) is 4.79 Å². The Morgan fingerprint density at radius 2 is 1.84 bits per heavy atom. The largest absolute Gasteiger partial charge is 0.483 e. The Kier molecular flexibility index (Phi) is 5.00. The summed E-state index contributed by atoms with van der Waals surface area (Å²) in [7, 11) is 0. The van der Waals surface area contributed by atoms with E-state index in [1.165, 1.54) is 11.3 Å². The van der Waals surface area contributed by atoms with Crippen LogP contribution >= 0.6 is 11.3 Å². The molecule has 3 N–H and O–H groups in total. The van der Waals surface area contributed by atoms with Gasteiger partial charge in [0.2, 0.25) is 0 Å². The number of aromatic nitrogens is 1. The SMILES string of the molecule is Cc1cccc(C)c1OCC(=O)Nc1nc(-c2ccc(N)cc2)cs1. The summed E-state index contributed by atoms with van der Waals surface area (Å²) in [6, 6.07) is 13.3. The molecule has 5 nitrogen and oxygen atoms in total. The second-order valence-electron chi connectivity index (χ2n) is 5.72. The molecule has 0 aliphatic carbocycles. The van der Waals surface area contributed by atoms with Gasteiger partial charge < -0.3 is 10.5 Å². The lowest BCUT2D eigenvalue weighted by molar-refractivity contribution is -0.118. The molecular formula is C19H19N3O2S. The number of nitrogen functional groups attached to an aromatic ring is 1. The number of hydrogen-bond donors (Lipinski definition) is 2. The fourth-order valence-electron chi connectivity index (χ4n) is 2.44. The number of nitrogens with one attached hydrogen (secondary N) is 1. The number of nitrogens with two attached hydrogens (primary N) is 1. The predicted octanol–water partition coefficient (Wildman–Crippen LogP) is 4.03. The van der Waals surface area contributed by atoms with Crippen LogP contribution in [0.15, 0.2) is 47.8 Å². The number of rotatable bonds is 5. The van der Waals surface area contributed by atoms with Crippen LogP contribution in [0.5, 0.6) is 5.75 Å². The van der Waals surface area contributed by atoms with Gasteiger partial charge in [0, 0.05) is 16.6 Å². The molecule has 0 fully saturated rings. The van der Waals surface area contributed by atoms with E-state index in [0.717, 1.165) is 28.1 Å². The highest BCUT2D eigenvalue weighted by molar-refractivity contribution is 7.14. The van der Waals surface area contributed by atoms with Crippen molar-refractivity contribution in [3.05, 3.63) is 59.0 Å². The summed E-state index contributed by atoms with van der Waals surface area (Å²) in [6.07, 6.45) is 0. The van der Waals surface area contributed by atoms with Gasteiger partial charge in [-0.1, -0.05) is 30.3 Å². The van der Waals surface area contributed by atoms with Crippen molar-refractivity contribution >= 4 is 28.1 Å². The van der Waals surface area contributed by atoms with Crippen molar-refractivity contribution in [2.24, 2.45) is 0 Å². The first-order valence-electron chi connectivity index (χ1n) is 7.83. The summed E-state index contributed by atoms with van der Waals surface area (Å²) in [5.41, 5.74) is 10.2. The van der Waals surface area contributed by atoms with Crippen molar-refractivity contribution in [3.8, 4) is 17.0 Å². The van der Waals surface area contributed by atoms with Gasteiger partial charge in [-0.3, -0.25) is 10.1 Å². The molecule has 1 aromatic heterocycles. The smallest absolute Gasteiger partial charge is 0.264 e. The maximum absolute atomic E-state index is 12.1. The highest BCUT2D eigenvalue weighted by Gasteiger charge is 2.10. The van der Waals surface area contributed by atoms with Gasteiger partial charge in [-0.05, 0) is 37.1 Å². The number of ether oxygens (including phenoxy) is 1. The molecule has 0 aliphatic heterocycles. The number of amides is 1. The van der Waals surface area contributed by atoms with E-state index in [0.29, 0.717) is 10.8 Å². The van der Waals surface area contributed by atoms with Gasteiger partial charge in [-0.25, -0.2) is 4.98 Å². The molecule has 25 heavy (non-hydrogen) atoms. The average Bonchev–Trinajstić information content (AvgIpc) is 3.03. The van der Waals surface area contributed by atoms with Crippen LogP contribution in [0.1, 0.15) is 11.1 Å². The van der Waals surface area contributed by atoms with Crippen molar-refractivity contribution in [1.82, 2.24) is 4.98 Å². The number of carbonyl (C=O) groups is 1. The van der Waals surface area contributed by atoms with E-state index in [2.05, 4.69) is 10.3 Å². The third kappa shape index (κ3) is 4.16. The third-order valence-corrected chi connectivity index (χ3v) is 4.47. The molecule has 0 spiro atoms. The predicted molar refractivity (Wildman–Crippen MR) is 102 cm³/mol. The lowest BCUT2D eigenvalue weighted by atomic mass is 10.1. The molecule has 6 heteroatoms. The van der Waals surface area contributed by atoms with Crippen LogP contribution in [0.3, 0.4) is 0 Å². The summed E-state index contributed by atoms with van der Waals surface area (Å²) >= 11 is 1.38. The summed E-state index contributed by atoms with van der Waals surface area (Å²) in [6.45, 7) is 3.86. The van der Waals surface area contributed by atoms with Crippen molar-refractivity contribution < 1.29 is 9.53 Å². The minimum atomic E-state index is -0.235. The van der Waals surface area contributed by atoms with E-state index < -0.39 is 0 Å². The van der Waals surface area contributed by atoms with Gasteiger partial charge in [0.15, 0.2) is 11.7 Å². The number of benzene rings is 2. The summed E-state index contributed by atoms with van der Waals surface area (Å²) < 4.78 is 5.66. The van der Waals surface area contributed by atoms with E-state index in [1.807, 2.05) is 61.7 Å². The second-order valence-corrected chi connectivity index (χ2v) is 6.58. The quantitative estimate of drug-likeness (QED) is 0.679. The lowest BCUT2D eigenvalue weighted by Crippen LogP contribution is -2.20. The first-order chi connectivity index (χ1) is 12.0. The Labute approximate surface area is 150 Å². The van der Waals surface area contributed by atoms with Crippen LogP contribution in [0.25, 0.3) is 11.3 Å². The van der Waals surface area contributed by atoms with Gasteiger partial charge >= 0.3 is 0 Å². The third-order valence-electron chi connectivity index (χ3n) is 3.71. The molecule has 0 atom stereocenters. The Morgan fingerprint density at radius 3 is 2.52 bits per heavy atom. The zero-order chi connectivity index (χ0) is 17.8. The Bertz CT molecular complexity index is 868. The first kappa shape index (κ1) is 17.0. The molecule has 0 unspecified atom stereocenters. The van der Waals surface area contributed by atoms with Gasteiger partial charge in [-0.2, -0.15) is 0 Å². The van der Waals surface area contributed by atoms with E-state index >= 15 is 0 Å². The highest BCUT2D eigenvalue weighted by Crippen LogP contribution is 2.26. The molecule has 128 valence electrons. The summed E-state index contributed by atoms with van der Waals surface area (Å²) in [4.78, 5) is 16.5. The zero-order valence-electron chi connectivity index (χ0n) is 14.1. The number of thiazole rings is 1. The van der Waals surface area contributed by atoms with E-state index in [-0.39, 0.29) is 12.5 Å². The molecule has 0 saturated heterocycles. The minimum absolute atomic E-state index is 0.0531. The maximum Gasteiger partial charge on any atom is 0.264 e. The Hall–Kier alpha value is -2.86. The van der Waals surface area contributed by atoms with Gasteiger partial charge in [0.1, 0.15) is 5.75 Å². The van der Waals surface area contributed by atoms with E-state index in [1.54, 1.807) is 0 Å². The van der Waals surface area contributed by atoms with Gasteiger partial charge in [0.25, 0.3) is 5.91 Å². The lowest BCUT2D eigenvalue weighted by Gasteiger charge is -2.11. The van der Waals surface area contributed by atoms with Crippen molar-refractivity contribution in [2.75, 3.05) is 17.7 Å². The Morgan fingerprint density at radius 1 is 1.16 bits per heavy atom. The fraction of sp³-hybridized carbons (Fsp3) is 0.158. The number of carbonyl (C=O) groups excluding carboxylic acids is 1. The number of aryl methyl sites for hydroxylation is 2. The molecule has 2 aromatic carbocycles. The number of anilines is 2. The molecule has 0 aliphatic rings. The van der Waals surface area contributed by atoms with Crippen LogP contribution in [0, 0.1) is 13.8 Å². The molecule has 0 saturated carbocycles. The molecule has 3 rings (SSSR count). The topological polar surface area (TPSA) is 77.2 Å². The molecule has 3 aromatic rings. The number of nitrogens with zero attached hydrogens (tertiary/aromatic N) is 1.